The molecule has 0 fully saturated rings. The number of phenols is 2. The number of methoxy groups -OCH3 is 1. The summed E-state index contributed by atoms with van der Waals surface area (Å²) in [7, 11) is 1.52. The summed E-state index contributed by atoms with van der Waals surface area (Å²) < 4.78 is 5.04. The molecular formula is C15H14O3. The highest BCUT2D eigenvalue weighted by Crippen LogP contribution is 2.30. The molecule has 0 saturated carbocycles. The number of rotatable bonds is 3. The molecule has 18 heavy (non-hydrogen) atoms. The SMILES string of the molecule is COc1cccc(/C=C/c2ccc(O)cc2)c1O. The van der Waals surface area contributed by atoms with Gasteiger partial charge in [0, 0.05) is 5.56 Å². The van der Waals surface area contributed by atoms with E-state index in [1.807, 2.05) is 12.1 Å². The van der Waals surface area contributed by atoms with E-state index in [1.54, 1.807) is 42.5 Å². The average Bonchev–Trinajstić information content (AvgIpc) is 2.39. The van der Waals surface area contributed by atoms with Crippen molar-refractivity contribution in [2.24, 2.45) is 0 Å². The normalized spacial score (nSPS) is 10.7. The van der Waals surface area contributed by atoms with E-state index in [-0.39, 0.29) is 11.5 Å². The van der Waals surface area contributed by atoms with Crippen molar-refractivity contribution in [3.63, 3.8) is 0 Å². The van der Waals surface area contributed by atoms with Crippen LogP contribution in [0, 0.1) is 0 Å². The highest BCUT2D eigenvalue weighted by Gasteiger charge is 2.03. The summed E-state index contributed by atoms with van der Waals surface area (Å²) in [5.74, 6) is 0.800. The molecular weight excluding hydrogens is 228 g/mol. The summed E-state index contributed by atoms with van der Waals surface area (Å²) in [6, 6.07) is 12.1. The Kier molecular flexibility index (Phi) is 3.53. The summed E-state index contributed by atoms with van der Waals surface area (Å²) in [6.45, 7) is 0. The van der Waals surface area contributed by atoms with Crippen LogP contribution in [0.2, 0.25) is 0 Å². The molecule has 92 valence electrons. The van der Waals surface area contributed by atoms with Crippen molar-refractivity contribution in [3.05, 3.63) is 53.6 Å². The van der Waals surface area contributed by atoms with Crippen molar-refractivity contribution in [2.45, 2.75) is 0 Å². The summed E-state index contributed by atoms with van der Waals surface area (Å²) in [6.07, 6.45) is 3.65. The van der Waals surface area contributed by atoms with E-state index in [0.29, 0.717) is 11.3 Å². The zero-order valence-electron chi connectivity index (χ0n) is 10.00. The summed E-state index contributed by atoms with van der Waals surface area (Å²) in [4.78, 5) is 0. The molecule has 2 rings (SSSR count). The van der Waals surface area contributed by atoms with Gasteiger partial charge in [0.25, 0.3) is 0 Å². The van der Waals surface area contributed by atoms with Gasteiger partial charge < -0.3 is 14.9 Å². The molecule has 0 aliphatic carbocycles. The molecule has 3 heteroatoms. The molecule has 0 saturated heterocycles. The zero-order chi connectivity index (χ0) is 13.0. The van der Waals surface area contributed by atoms with Gasteiger partial charge in [-0.15, -0.1) is 0 Å². The maximum absolute atomic E-state index is 9.89. The Morgan fingerprint density at radius 3 is 2.33 bits per heavy atom. The van der Waals surface area contributed by atoms with Crippen LogP contribution in [0.25, 0.3) is 12.2 Å². The first-order chi connectivity index (χ1) is 8.70. The van der Waals surface area contributed by atoms with Crippen LogP contribution >= 0.6 is 0 Å². The highest BCUT2D eigenvalue weighted by atomic mass is 16.5. The molecule has 3 nitrogen and oxygen atoms in total. The van der Waals surface area contributed by atoms with Gasteiger partial charge >= 0.3 is 0 Å². The fraction of sp³-hybridized carbons (Fsp3) is 0.0667. The Morgan fingerprint density at radius 2 is 1.67 bits per heavy atom. The van der Waals surface area contributed by atoms with Gasteiger partial charge in [-0.2, -0.15) is 0 Å². The van der Waals surface area contributed by atoms with Crippen LogP contribution in [0.3, 0.4) is 0 Å². The maximum atomic E-state index is 9.89. The third-order valence-corrected chi connectivity index (χ3v) is 2.60. The number of aromatic hydroxyl groups is 2. The molecule has 0 bridgehead atoms. The highest BCUT2D eigenvalue weighted by molar-refractivity contribution is 5.74. The Bertz CT molecular complexity index is 556. The minimum atomic E-state index is 0.120. The standard InChI is InChI=1S/C15H14O3/c1-18-14-4-2-3-12(15(14)17)8-5-11-6-9-13(16)10-7-11/h2-10,16-17H,1H3/b8-5+. The Morgan fingerprint density at radius 1 is 0.944 bits per heavy atom. The molecule has 2 aromatic rings. The average molecular weight is 242 g/mol. The van der Waals surface area contributed by atoms with Crippen molar-refractivity contribution in [3.8, 4) is 17.2 Å². The monoisotopic (exact) mass is 242 g/mol. The molecule has 0 aromatic heterocycles. The quantitative estimate of drug-likeness (QED) is 0.812. The Hall–Kier alpha value is -2.42. The zero-order valence-corrected chi connectivity index (χ0v) is 10.00. The largest absolute Gasteiger partial charge is 0.508 e. The smallest absolute Gasteiger partial charge is 0.165 e. The molecule has 0 radical (unpaired) electrons. The summed E-state index contributed by atoms with van der Waals surface area (Å²) in [5.41, 5.74) is 1.62. The molecule has 0 heterocycles. The molecule has 2 N–H and O–H groups in total. The van der Waals surface area contributed by atoms with Gasteiger partial charge in [0.15, 0.2) is 11.5 Å². The van der Waals surface area contributed by atoms with Crippen molar-refractivity contribution in [2.75, 3.05) is 7.11 Å². The van der Waals surface area contributed by atoms with Crippen LogP contribution in [-0.4, -0.2) is 17.3 Å². The minimum absolute atomic E-state index is 0.120. The van der Waals surface area contributed by atoms with E-state index in [9.17, 15) is 10.2 Å². The lowest BCUT2D eigenvalue weighted by molar-refractivity contribution is 0.373. The number of phenolic OH excluding ortho intramolecular Hbond substituents is 2. The van der Waals surface area contributed by atoms with Crippen LogP contribution in [0.5, 0.6) is 17.2 Å². The van der Waals surface area contributed by atoms with Gasteiger partial charge in [-0.05, 0) is 23.8 Å². The lowest BCUT2D eigenvalue weighted by Crippen LogP contribution is -1.84. The van der Waals surface area contributed by atoms with Crippen LogP contribution in [0.4, 0.5) is 0 Å². The number of benzene rings is 2. The predicted octanol–water partition coefficient (Wildman–Crippen LogP) is 3.28. The van der Waals surface area contributed by atoms with E-state index in [4.69, 9.17) is 4.74 Å². The third-order valence-electron chi connectivity index (χ3n) is 2.60. The van der Waals surface area contributed by atoms with E-state index >= 15 is 0 Å². The maximum Gasteiger partial charge on any atom is 0.165 e. The molecule has 2 aromatic carbocycles. The number of para-hydroxylation sites is 1. The molecule has 0 unspecified atom stereocenters. The van der Waals surface area contributed by atoms with Gasteiger partial charge in [-0.3, -0.25) is 0 Å². The summed E-state index contributed by atoms with van der Waals surface area (Å²) in [5, 5.41) is 19.1. The Labute approximate surface area is 106 Å². The number of hydrogen-bond donors (Lipinski definition) is 2. The van der Waals surface area contributed by atoms with Gasteiger partial charge in [0.1, 0.15) is 5.75 Å². The Balaban J connectivity index is 2.26. The van der Waals surface area contributed by atoms with Gasteiger partial charge in [-0.25, -0.2) is 0 Å². The van der Waals surface area contributed by atoms with Crippen molar-refractivity contribution in [1.29, 1.82) is 0 Å². The number of ether oxygens (including phenoxy) is 1. The second-order valence-corrected chi connectivity index (χ2v) is 3.82. The molecule has 0 aliphatic rings. The minimum Gasteiger partial charge on any atom is -0.508 e. The lowest BCUT2D eigenvalue weighted by Gasteiger charge is -2.05. The van der Waals surface area contributed by atoms with E-state index in [1.165, 1.54) is 7.11 Å². The van der Waals surface area contributed by atoms with Crippen LogP contribution in [0.1, 0.15) is 11.1 Å². The van der Waals surface area contributed by atoms with Gasteiger partial charge in [0.05, 0.1) is 7.11 Å². The van der Waals surface area contributed by atoms with Crippen molar-refractivity contribution >= 4 is 12.2 Å². The van der Waals surface area contributed by atoms with E-state index in [2.05, 4.69) is 0 Å². The lowest BCUT2D eigenvalue weighted by atomic mass is 10.1. The van der Waals surface area contributed by atoms with E-state index < -0.39 is 0 Å². The van der Waals surface area contributed by atoms with Gasteiger partial charge in [0.2, 0.25) is 0 Å². The van der Waals surface area contributed by atoms with Crippen LogP contribution < -0.4 is 4.74 Å². The van der Waals surface area contributed by atoms with Crippen LogP contribution in [0.15, 0.2) is 42.5 Å². The second kappa shape index (κ2) is 5.27. The molecule has 0 atom stereocenters. The van der Waals surface area contributed by atoms with Crippen molar-refractivity contribution < 1.29 is 14.9 Å². The predicted molar refractivity (Wildman–Crippen MR) is 71.7 cm³/mol. The topological polar surface area (TPSA) is 49.7 Å². The third kappa shape index (κ3) is 2.63. The molecule has 0 amide bonds. The fourth-order valence-corrected chi connectivity index (χ4v) is 1.61. The second-order valence-electron chi connectivity index (χ2n) is 3.82. The van der Waals surface area contributed by atoms with Gasteiger partial charge in [-0.1, -0.05) is 36.4 Å². The van der Waals surface area contributed by atoms with Crippen molar-refractivity contribution in [1.82, 2.24) is 0 Å². The molecule has 0 spiro atoms. The first kappa shape index (κ1) is 12.0. The van der Waals surface area contributed by atoms with Crippen LogP contribution in [-0.2, 0) is 0 Å². The van der Waals surface area contributed by atoms with E-state index in [0.717, 1.165) is 5.56 Å². The summed E-state index contributed by atoms with van der Waals surface area (Å²) >= 11 is 0. The fourth-order valence-electron chi connectivity index (χ4n) is 1.61. The first-order valence-electron chi connectivity index (χ1n) is 5.54. The first-order valence-corrected chi connectivity index (χ1v) is 5.54. The molecule has 0 aliphatic heterocycles. The number of hydrogen-bond acceptors (Lipinski definition) is 3.